The van der Waals surface area contributed by atoms with Gasteiger partial charge in [0.15, 0.2) is 0 Å². The van der Waals surface area contributed by atoms with Crippen LogP contribution in [0.4, 0.5) is 18.9 Å². The van der Waals surface area contributed by atoms with E-state index in [-0.39, 0.29) is 35.1 Å². The number of carbonyl (C=O) groups is 2. The molecule has 27 heavy (non-hydrogen) atoms. The average Bonchev–Trinajstić information content (AvgIpc) is 2.62. The molecule has 9 heteroatoms. The molecule has 0 saturated heterocycles. The van der Waals surface area contributed by atoms with Gasteiger partial charge in [0.05, 0.1) is 11.5 Å². The van der Waals surface area contributed by atoms with Crippen LogP contribution in [0.25, 0.3) is 0 Å². The Kier molecular flexibility index (Phi) is 7.82. The fourth-order valence-corrected chi connectivity index (χ4v) is 3.68. The first kappa shape index (κ1) is 21.4. The lowest BCUT2D eigenvalue weighted by molar-refractivity contribution is -0.274. The third kappa shape index (κ3) is 7.70. The van der Waals surface area contributed by atoms with Gasteiger partial charge in [-0.3, -0.25) is 9.59 Å². The van der Waals surface area contributed by atoms with Crippen LogP contribution >= 0.6 is 11.8 Å². The zero-order chi connectivity index (χ0) is 19.9. The van der Waals surface area contributed by atoms with Crippen LogP contribution in [0.2, 0.25) is 0 Å². The van der Waals surface area contributed by atoms with Crippen LogP contribution in [-0.2, 0) is 9.59 Å². The number of alkyl halides is 3. The largest absolute Gasteiger partial charge is 0.573 e. The lowest BCUT2D eigenvalue weighted by atomic mass is 9.94. The Morgan fingerprint density at radius 1 is 1.15 bits per heavy atom. The maximum Gasteiger partial charge on any atom is 0.573 e. The SMILES string of the molecule is CN(C(=O)CSCC(=O)Nc1ccc(OC(F)(F)F)cc1)C1CCCCC1. The topological polar surface area (TPSA) is 58.6 Å². The van der Waals surface area contributed by atoms with E-state index >= 15 is 0 Å². The van der Waals surface area contributed by atoms with Crippen molar-refractivity contribution in [3.8, 4) is 5.75 Å². The van der Waals surface area contributed by atoms with Crippen LogP contribution in [0, 0.1) is 0 Å². The zero-order valence-electron chi connectivity index (χ0n) is 15.1. The van der Waals surface area contributed by atoms with E-state index in [1.807, 2.05) is 7.05 Å². The van der Waals surface area contributed by atoms with Crippen LogP contribution in [0.5, 0.6) is 5.75 Å². The van der Waals surface area contributed by atoms with E-state index in [0.29, 0.717) is 5.69 Å². The van der Waals surface area contributed by atoms with Gasteiger partial charge in [0.2, 0.25) is 11.8 Å². The van der Waals surface area contributed by atoms with E-state index in [1.54, 1.807) is 4.90 Å². The Hall–Kier alpha value is -1.90. The fourth-order valence-electron chi connectivity index (χ4n) is 2.94. The molecule has 2 rings (SSSR count). The van der Waals surface area contributed by atoms with Gasteiger partial charge in [-0.1, -0.05) is 19.3 Å². The molecule has 1 saturated carbocycles. The Bertz CT molecular complexity index is 632. The molecule has 1 fully saturated rings. The minimum Gasteiger partial charge on any atom is -0.406 e. The zero-order valence-corrected chi connectivity index (χ0v) is 15.9. The molecule has 0 unspecified atom stereocenters. The second-order valence-corrected chi connectivity index (χ2v) is 7.40. The van der Waals surface area contributed by atoms with E-state index in [9.17, 15) is 22.8 Å². The van der Waals surface area contributed by atoms with Crippen LogP contribution in [-0.4, -0.2) is 47.7 Å². The van der Waals surface area contributed by atoms with E-state index < -0.39 is 6.36 Å². The summed E-state index contributed by atoms with van der Waals surface area (Å²) >= 11 is 1.22. The predicted octanol–water partition coefficient (Wildman–Crippen LogP) is 4.05. The second kappa shape index (κ2) is 9.87. The number of ether oxygens (including phenoxy) is 1. The van der Waals surface area contributed by atoms with Crippen molar-refractivity contribution in [2.75, 3.05) is 23.9 Å². The van der Waals surface area contributed by atoms with Gasteiger partial charge in [0.25, 0.3) is 0 Å². The van der Waals surface area contributed by atoms with Crippen molar-refractivity contribution in [3.63, 3.8) is 0 Å². The molecule has 0 heterocycles. The van der Waals surface area contributed by atoms with E-state index in [4.69, 9.17) is 0 Å². The highest BCUT2D eigenvalue weighted by Gasteiger charge is 2.31. The number of carbonyl (C=O) groups excluding carboxylic acids is 2. The highest BCUT2D eigenvalue weighted by molar-refractivity contribution is 8.00. The molecule has 0 aromatic heterocycles. The minimum absolute atomic E-state index is 0.00773. The Morgan fingerprint density at radius 2 is 1.78 bits per heavy atom. The molecular weight excluding hydrogens is 381 g/mol. The second-order valence-electron chi connectivity index (χ2n) is 6.41. The number of hydrogen-bond acceptors (Lipinski definition) is 4. The van der Waals surface area contributed by atoms with Gasteiger partial charge in [-0.15, -0.1) is 24.9 Å². The molecular formula is C18H23F3N2O3S. The van der Waals surface area contributed by atoms with Crippen LogP contribution in [0.15, 0.2) is 24.3 Å². The van der Waals surface area contributed by atoms with Crippen LogP contribution < -0.4 is 10.1 Å². The normalized spacial score (nSPS) is 15.3. The molecule has 0 spiro atoms. The van der Waals surface area contributed by atoms with E-state index in [1.165, 1.54) is 30.3 Å². The molecule has 1 aromatic rings. The molecule has 1 aliphatic rings. The quantitative estimate of drug-likeness (QED) is 0.745. The van der Waals surface area contributed by atoms with Gasteiger partial charge in [-0.25, -0.2) is 0 Å². The molecule has 2 amide bonds. The van der Waals surface area contributed by atoms with Gasteiger partial charge >= 0.3 is 6.36 Å². The Balaban J connectivity index is 1.70. The van der Waals surface area contributed by atoms with E-state index in [2.05, 4.69) is 10.1 Å². The van der Waals surface area contributed by atoms with Gasteiger partial charge in [0.1, 0.15) is 5.75 Å². The summed E-state index contributed by atoms with van der Waals surface area (Å²) in [6, 6.07) is 5.19. The lowest BCUT2D eigenvalue weighted by Gasteiger charge is -2.31. The number of amides is 2. The molecule has 0 bridgehead atoms. The van der Waals surface area contributed by atoms with Crippen molar-refractivity contribution in [2.24, 2.45) is 0 Å². The molecule has 0 atom stereocenters. The summed E-state index contributed by atoms with van der Waals surface area (Å²) in [5.41, 5.74) is 0.362. The summed E-state index contributed by atoms with van der Waals surface area (Å²) in [6.45, 7) is 0. The van der Waals surface area contributed by atoms with Gasteiger partial charge in [0, 0.05) is 18.8 Å². The monoisotopic (exact) mass is 404 g/mol. The van der Waals surface area contributed by atoms with E-state index in [0.717, 1.165) is 37.8 Å². The van der Waals surface area contributed by atoms with Crippen molar-refractivity contribution in [2.45, 2.75) is 44.5 Å². The molecule has 150 valence electrons. The first-order valence-corrected chi connectivity index (χ1v) is 9.89. The van der Waals surface area contributed by atoms with Gasteiger partial charge < -0.3 is 15.0 Å². The Labute approximate surface area is 160 Å². The highest BCUT2D eigenvalue weighted by Crippen LogP contribution is 2.24. The summed E-state index contributed by atoms with van der Waals surface area (Å²) in [7, 11) is 1.81. The highest BCUT2D eigenvalue weighted by atomic mass is 32.2. The molecule has 1 aromatic carbocycles. The summed E-state index contributed by atoms with van der Waals surface area (Å²) < 4.78 is 40.1. The standard InChI is InChI=1S/C18H23F3N2O3S/c1-23(14-5-3-2-4-6-14)17(25)12-27-11-16(24)22-13-7-9-15(10-8-13)26-18(19,20)21/h7-10,14H,2-6,11-12H2,1H3,(H,22,24). The van der Waals surface area contributed by atoms with Gasteiger partial charge in [-0.05, 0) is 37.1 Å². The van der Waals surface area contributed by atoms with Crippen molar-refractivity contribution in [1.29, 1.82) is 0 Å². The number of rotatable bonds is 7. The number of anilines is 1. The minimum atomic E-state index is -4.75. The molecule has 5 nitrogen and oxygen atoms in total. The van der Waals surface area contributed by atoms with Crippen molar-refractivity contribution in [3.05, 3.63) is 24.3 Å². The third-order valence-electron chi connectivity index (χ3n) is 4.35. The first-order valence-electron chi connectivity index (χ1n) is 8.73. The number of nitrogens with zero attached hydrogens (tertiary/aromatic N) is 1. The molecule has 0 radical (unpaired) electrons. The maximum absolute atomic E-state index is 12.2. The number of nitrogens with one attached hydrogen (secondary N) is 1. The average molecular weight is 404 g/mol. The number of benzene rings is 1. The third-order valence-corrected chi connectivity index (χ3v) is 5.26. The lowest BCUT2D eigenvalue weighted by Crippen LogP contribution is -2.39. The van der Waals surface area contributed by atoms with Crippen molar-refractivity contribution >= 4 is 29.3 Å². The predicted molar refractivity (Wildman–Crippen MR) is 98.7 cm³/mol. The number of halogens is 3. The maximum atomic E-state index is 12.2. The molecule has 0 aliphatic heterocycles. The summed E-state index contributed by atoms with van der Waals surface area (Å²) in [6.07, 6.45) is 0.813. The molecule has 1 N–H and O–H groups in total. The molecule has 1 aliphatic carbocycles. The van der Waals surface area contributed by atoms with Crippen LogP contribution in [0.1, 0.15) is 32.1 Å². The summed E-state index contributed by atoms with van der Waals surface area (Å²) in [5.74, 6) is -0.360. The summed E-state index contributed by atoms with van der Waals surface area (Å²) in [4.78, 5) is 25.9. The summed E-state index contributed by atoms with van der Waals surface area (Å²) in [5, 5.41) is 2.58. The fraction of sp³-hybridized carbons (Fsp3) is 0.556. The number of hydrogen-bond donors (Lipinski definition) is 1. The van der Waals surface area contributed by atoms with Gasteiger partial charge in [-0.2, -0.15) is 0 Å². The Morgan fingerprint density at radius 3 is 2.37 bits per heavy atom. The van der Waals surface area contributed by atoms with Crippen molar-refractivity contribution in [1.82, 2.24) is 4.90 Å². The van der Waals surface area contributed by atoms with Crippen molar-refractivity contribution < 1.29 is 27.5 Å². The smallest absolute Gasteiger partial charge is 0.406 e. The number of thioether (sulfide) groups is 1. The van der Waals surface area contributed by atoms with Crippen LogP contribution in [0.3, 0.4) is 0 Å². The first-order chi connectivity index (χ1) is 12.7.